The number of methoxy groups -OCH3 is 2. The summed E-state index contributed by atoms with van der Waals surface area (Å²) in [6.45, 7) is 9.15. The molecule has 0 aromatic carbocycles. The molecular weight excluding hydrogens is 488 g/mol. The molecule has 0 radical (unpaired) electrons. The lowest BCUT2D eigenvalue weighted by molar-refractivity contribution is -0.267. The smallest absolute Gasteiger partial charge is 0.167 e. The average Bonchev–Trinajstić information content (AvgIpc) is 3.51. The maximum Gasteiger partial charge on any atom is 0.167 e. The van der Waals surface area contributed by atoms with Gasteiger partial charge in [0.2, 0.25) is 0 Å². The maximum absolute atomic E-state index is 12.1. The first kappa shape index (κ1) is 28.6. The van der Waals surface area contributed by atoms with Crippen molar-refractivity contribution in [2.75, 3.05) is 20.1 Å². The van der Waals surface area contributed by atoms with Gasteiger partial charge in [0, 0.05) is 32.5 Å². The van der Waals surface area contributed by atoms with E-state index in [4.69, 9.17) is 21.1 Å². The molecule has 0 aliphatic heterocycles. The fraction of sp³-hybridized carbons (Fsp3) is 1.00. The summed E-state index contributed by atoms with van der Waals surface area (Å²) in [6, 6.07) is 0. The van der Waals surface area contributed by atoms with Crippen LogP contribution in [0.4, 0.5) is 0 Å². The van der Waals surface area contributed by atoms with Crippen LogP contribution in [0.3, 0.4) is 0 Å². The number of hydrogen-bond donors (Lipinski definition) is 3. The Bertz CT molecular complexity index is 834. The van der Waals surface area contributed by atoms with Crippen LogP contribution in [0.5, 0.6) is 0 Å². The summed E-state index contributed by atoms with van der Waals surface area (Å²) < 4.78 is 11.7. The van der Waals surface area contributed by atoms with Crippen LogP contribution in [0.1, 0.15) is 91.9 Å². The van der Waals surface area contributed by atoms with Gasteiger partial charge in [0.15, 0.2) is 5.79 Å². The second-order valence-corrected chi connectivity index (χ2v) is 14.9. The Hall–Kier alpha value is 0.0900. The highest BCUT2D eigenvalue weighted by atomic mass is 35.5. The normalized spacial score (nSPS) is 49.8. The second-order valence-electron chi connectivity index (χ2n) is 14.7. The zero-order chi connectivity index (χ0) is 27.0. The average molecular weight is 541 g/mol. The minimum atomic E-state index is -1.37. The molecule has 5 saturated carbocycles. The van der Waals surface area contributed by atoms with Gasteiger partial charge in [0.25, 0.3) is 0 Å². The third-order valence-corrected chi connectivity index (χ3v) is 13.8. The Morgan fingerprint density at radius 2 is 1.70 bits per heavy atom. The second kappa shape index (κ2) is 9.87. The molecule has 5 fully saturated rings. The standard InChI is InChI=1S/C31H53ClO5/c1-18-13-22(18)19(2)14-27(34)31(35,17-32)25-10-9-23-21-8-7-20-16-30(36-5,37-6)12-11-28(20,3)24(21)15-26(33)29(23,25)4/h18-27,33-35H,7-17H2,1-6H3/t18-,19-,20+,21+,22-,23+,24+,25+,26-,27-,28+,29+,31+/m1/s1. The molecule has 0 spiro atoms. The molecule has 5 aliphatic carbocycles. The summed E-state index contributed by atoms with van der Waals surface area (Å²) in [5.41, 5.74) is -1.63. The number of halogens is 1. The van der Waals surface area contributed by atoms with Crippen molar-refractivity contribution in [3.05, 3.63) is 0 Å². The lowest BCUT2D eigenvalue weighted by atomic mass is 9.43. The van der Waals surface area contributed by atoms with E-state index in [-0.39, 0.29) is 17.2 Å². The molecule has 5 rings (SSSR count). The highest BCUT2D eigenvalue weighted by Crippen LogP contribution is 2.69. The molecule has 5 aliphatic rings. The summed E-state index contributed by atoms with van der Waals surface area (Å²) in [4.78, 5) is 0. The van der Waals surface area contributed by atoms with Crippen molar-refractivity contribution < 1.29 is 24.8 Å². The molecule has 0 saturated heterocycles. The van der Waals surface area contributed by atoms with Gasteiger partial charge in [-0.2, -0.15) is 0 Å². The first-order valence-corrected chi connectivity index (χ1v) is 15.7. The van der Waals surface area contributed by atoms with Gasteiger partial charge >= 0.3 is 0 Å². The molecule has 5 nitrogen and oxygen atoms in total. The van der Waals surface area contributed by atoms with Gasteiger partial charge in [-0.05, 0) is 104 Å². The molecule has 0 unspecified atom stereocenters. The van der Waals surface area contributed by atoms with Crippen LogP contribution in [-0.2, 0) is 9.47 Å². The lowest BCUT2D eigenvalue weighted by Gasteiger charge is -2.63. The van der Waals surface area contributed by atoms with Gasteiger partial charge < -0.3 is 24.8 Å². The zero-order valence-electron chi connectivity index (χ0n) is 24.1. The minimum absolute atomic E-state index is 0.0187. The molecule has 0 aromatic rings. The SMILES string of the molecule is COC1(OC)CC[C@@]2(C)[C@@H](CC[C@@H]3[C@@H]2C[C@@H](O)[C@]2(C)[C@@H]([C@@](O)(CCl)[C@H](O)C[C@@H](C)[C@@H]4C[C@H]4C)CC[C@@H]32)C1. The topological polar surface area (TPSA) is 79.2 Å². The van der Waals surface area contributed by atoms with Gasteiger partial charge in [0.1, 0.15) is 5.60 Å². The first-order chi connectivity index (χ1) is 17.4. The highest BCUT2D eigenvalue weighted by molar-refractivity contribution is 6.18. The van der Waals surface area contributed by atoms with E-state index in [9.17, 15) is 15.3 Å². The monoisotopic (exact) mass is 540 g/mol. The van der Waals surface area contributed by atoms with E-state index in [0.29, 0.717) is 47.8 Å². The van der Waals surface area contributed by atoms with E-state index in [1.165, 1.54) is 12.8 Å². The molecule has 6 heteroatoms. The van der Waals surface area contributed by atoms with Gasteiger partial charge in [0.05, 0.1) is 18.1 Å². The summed E-state index contributed by atoms with van der Waals surface area (Å²) in [5.74, 6) is 2.98. The molecule has 0 bridgehead atoms. The number of fused-ring (bicyclic) bond motifs is 5. The van der Waals surface area contributed by atoms with Gasteiger partial charge in [-0.15, -0.1) is 11.6 Å². The van der Waals surface area contributed by atoms with Crippen LogP contribution in [-0.4, -0.2) is 59.0 Å². The first-order valence-electron chi connectivity index (χ1n) is 15.1. The van der Waals surface area contributed by atoms with Crippen molar-refractivity contribution in [3.8, 4) is 0 Å². The molecular formula is C31H53ClO5. The van der Waals surface area contributed by atoms with Crippen molar-refractivity contribution in [1.82, 2.24) is 0 Å². The summed E-state index contributed by atoms with van der Waals surface area (Å²) in [6.07, 6.45) is 8.25. The third-order valence-electron chi connectivity index (χ3n) is 13.4. The summed E-state index contributed by atoms with van der Waals surface area (Å²) in [7, 11) is 3.54. The van der Waals surface area contributed by atoms with Gasteiger partial charge in [-0.3, -0.25) is 0 Å². The Balaban J connectivity index is 1.37. The third kappa shape index (κ3) is 4.27. The van der Waals surface area contributed by atoms with E-state index >= 15 is 0 Å². The number of ether oxygens (including phenoxy) is 2. The fourth-order valence-electron chi connectivity index (χ4n) is 10.7. The Labute approximate surface area is 230 Å². The maximum atomic E-state index is 12.1. The number of aliphatic hydroxyl groups excluding tert-OH is 2. The molecule has 13 atom stereocenters. The number of aliphatic hydroxyl groups is 3. The van der Waals surface area contributed by atoms with E-state index in [1.54, 1.807) is 14.2 Å². The van der Waals surface area contributed by atoms with Crippen molar-refractivity contribution >= 4 is 11.6 Å². The van der Waals surface area contributed by atoms with Crippen molar-refractivity contribution in [2.45, 2.75) is 115 Å². The van der Waals surface area contributed by atoms with Crippen LogP contribution in [0, 0.1) is 58.2 Å². The van der Waals surface area contributed by atoms with E-state index in [0.717, 1.165) is 44.9 Å². The molecule has 3 N–H and O–H groups in total. The molecule has 214 valence electrons. The predicted octanol–water partition coefficient (Wildman–Crippen LogP) is 5.62. The minimum Gasteiger partial charge on any atom is -0.393 e. The van der Waals surface area contributed by atoms with Crippen molar-refractivity contribution in [1.29, 1.82) is 0 Å². The van der Waals surface area contributed by atoms with E-state index in [1.807, 2.05) is 0 Å². The Morgan fingerprint density at radius 1 is 1.03 bits per heavy atom. The summed E-state index contributed by atoms with van der Waals surface area (Å²) >= 11 is 6.52. The van der Waals surface area contributed by atoms with Crippen LogP contribution in [0.25, 0.3) is 0 Å². The largest absolute Gasteiger partial charge is 0.393 e. The predicted molar refractivity (Wildman–Crippen MR) is 146 cm³/mol. The molecule has 0 amide bonds. The fourth-order valence-corrected chi connectivity index (χ4v) is 11.1. The lowest BCUT2D eigenvalue weighted by Crippen LogP contribution is -2.63. The van der Waals surface area contributed by atoms with Crippen LogP contribution < -0.4 is 0 Å². The van der Waals surface area contributed by atoms with E-state index < -0.39 is 29.0 Å². The zero-order valence-corrected chi connectivity index (χ0v) is 24.8. The van der Waals surface area contributed by atoms with Crippen LogP contribution in [0.15, 0.2) is 0 Å². The van der Waals surface area contributed by atoms with Crippen molar-refractivity contribution in [3.63, 3.8) is 0 Å². The Morgan fingerprint density at radius 3 is 2.30 bits per heavy atom. The molecule has 0 aromatic heterocycles. The number of alkyl halides is 1. The highest BCUT2D eigenvalue weighted by Gasteiger charge is 2.67. The molecule has 0 heterocycles. The van der Waals surface area contributed by atoms with E-state index in [2.05, 4.69) is 27.7 Å². The van der Waals surface area contributed by atoms with Gasteiger partial charge in [-0.25, -0.2) is 0 Å². The quantitative estimate of drug-likeness (QED) is 0.275. The van der Waals surface area contributed by atoms with Crippen LogP contribution >= 0.6 is 11.6 Å². The van der Waals surface area contributed by atoms with Gasteiger partial charge in [-0.1, -0.05) is 27.7 Å². The Kier molecular flexibility index (Phi) is 7.63. The number of rotatable bonds is 8. The molecule has 37 heavy (non-hydrogen) atoms. The summed E-state index contributed by atoms with van der Waals surface area (Å²) in [5, 5.41) is 35.4. The van der Waals surface area contributed by atoms with Crippen molar-refractivity contribution in [2.24, 2.45) is 58.2 Å². The number of hydrogen-bond acceptors (Lipinski definition) is 5. The van der Waals surface area contributed by atoms with Crippen LogP contribution in [0.2, 0.25) is 0 Å².